The van der Waals surface area contributed by atoms with Gasteiger partial charge in [-0.2, -0.15) is 0 Å². The maximum Gasteiger partial charge on any atom is 0.128 e. The zero-order valence-electron chi connectivity index (χ0n) is 8.61. The number of hydrogen-bond acceptors (Lipinski definition) is 3. The number of benzene rings is 1. The van der Waals surface area contributed by atoms with Crippen LogP contribution in [0.5, 0.6) is 5.75 Å². The molecule has 0 spiro atoms. The maximum absolute atomic E-state index is 8.51. The lowest BCUT2D eigenvalue weighted by molar-refractivity contribution is 0.307. The zero-order valence-corrected chi connectivity index (χ0v) is 10.2. The summed E-state index contributed by atoms with van der Waals surface area (Å²) in [5, 5.41) is 11.5. The second-order valence-electron chi connectivity index (χ2n) is 3.13. The highest BCUT2D eigenvalue weighted by atomic mass is 79.9. The normalized spacial score (nSPS) is 10.8. The molecule has 82 valence electrons. The van der Waals surface area contributed by atoms with Crippen molar-refractivity contribution < 1.29 is 9.94 Å². The Morgan fingerprint density at radius 2 is 2.33 bits per heavy atom. The van der Waals surface area contributed by atoms with Crippen molar-refractivity contribution in [3.8, 4) is 5.75 Å². The SMILES string of the molecule is CCCCOc1ccc(Br)cc1/C=N/O. The van der Waals surface area contributed by atoms with E-state index in [9.17, 15) is 0 Å². The van der Waals surface area contributed by atoms with Gasteiger partial charge >= 0.3 is 0 Å². The molecule has 0 amide bonds. The van der Waals surface area contributed by atoms with E-state index < -0.39 is 0 Å². The minimum absolute atomic E-state index is 0.685. The third kappa shape index (κ3) is 3.91. The van der Waals surface area contributed by atoms with E-state index in [0.717, 1.165) is 28.6 Å². The van der Waals surface area contributed by atoms with Crippen molar-refractivity contribution in [3.05, 3.63) is 28.2 Å². The van der Waals surface area contributed by atoms with Crippen LogP contribution in [0.3, 0.4) is 0 Å². The highest BCUT2D eigenvalue weighted by molar-refractivity contribution is 9.10. The van der Waals surface area contributed by atoms with Crippen LogP contribution in [0.15, 0.2) is 27.8 Å². The van der Waals surface area contributed by atoms with Gasteiger partial charge in [-0.3, -0.25) is 0 Å². The first kappa shape index (κ1) is 12.0. The van der Waals surface area contributed by atoms with E-state index in [-0.39, 0.29) is 0 Å². The Balaban J connectivity index is 2.76. The van der Waals surface area contributed by atoms with Crippen molar-refractivity contribution in [1.29, 1.82) is 0 Å². The number of ether oxygens (including phenoxy) is 1. The largest absolute Gasteiger partial charge is 0.493 e. The molecule has 1 aromatic rings. The summed E-state index contributed by atoms with van der Waals surface area (Å²) in [5.41, 5.74) is 0.767. The van der Waals surface area contributed by atoms with Gasteiger partial charge in [-0.15, -0.1) is 0 Å². The fourth-order valence-corrected chi connectivity index (χ4v) is 1.52. The Labute approximate surface area is 97.9 Å². The number of nitrogens with zero attached hydrogens (tertiary/aromatic N) is 1. The molecule has 0 fully saturated rings. The quantitative estimate of drug-likeness (QED) is 0.386. The third-order valence-electron chi connectivity index (χ3n) is 1.92. The molecule has 1 rings (SSSR count). The van der Waals surface area contributed by atoms with E-state index in [2.05, 4.69) is 28.0 Å². The molecule has 0 radical (unpaired) electrons. The first-order valence-corrected chi connectivity index (χ1v) is 5.67. The van der Waals surface area contributed by atoms with Crippen molar-refractivity contribution in [2.24, 2.45) is 5.16 Å². The van der Waals surface area contributed by atoms with Gasteiger partial charge in [-0.25, -0.2) is 0 Å². The first-order valence-electron chi connectivity index (χ1n) is 4.87. The molecule has 0 atom stereocenters. The predicted molar refractivity (Wildman–Crippen MR) is 63.9 cm³/mol. The van der Waals surface area contributed by atoms with Crippen LogP contribution in [0.25, 0.3) is 0 Å². The molecule has 1 aromatic carbocycles. The average molecular weight is 272 g/mol. The second-order valence-corrected chi connectivity index (χ2v) is 4.04. The fourth-order valence-electron chi connectivity index (χ4n) is 1.14. The Hall–Kier alpha value is -1.03. The Bertz CT molecular complexity index is 339. The van der Waals surface area contributed by atoms with Crippen LogP contribution in [-0.4, -0.2) is 18.0 Å². The van der Waals surface area contributed by atoms with Crippen molar-refractivity contribution in [2.45, 2.75) is 19.8 Å². The van der Waals surface area contributed by atoms with E-state index in [4.69, 9.17) is 9.94 Å². The second kappa shape index (κ2) is 6.45. The number of oxime groups is 1. The van der Waals surface area contributed by atoms with Crippen LogP contribution >= 0.6 is 15.9 Å². The van der Waals surface area contributed by atoms with Crippen LogP contribution in [0, 0.1) is 0 Å². The van der Waals surface area contributed by atoms with Crippen LogP contribution < -0.4 is 4.74 Å². The topological polar surface area (TPSA) is 41.8 Å². The van der Waals surface area contributed by atoms with Crippen LogP contribution in [0.4, 0.5) is 0 Å². The maximum atomic E-state index is 8.51. The zero-order chi connectivity index (χ0) is 11.1. The van der Waals surface area contributed by atoms with Gasteiger partial charge in [0.05, 0.1) is 12.8 Å². The van der Waals surface area contributed by atoms with Crippen molar-refractivity contribution in [1.82, 2.24) is 0 Å². The predicted octanol–water partition coefficient (Wildman–Crippen LogP) is 3.44. The van der Waals surface area contributed by atoms with E-state index >= 15 is 0 Å². The summed E-state index contributed by atoms with van der Waals surface area (Å²) >= 11 is 3.35. The minimum Gasteiger partial charge on any atom is -0.493 e. The summed E-state index contributed by atoms with van der Waals surface area (Å²) in [6, 6.07) is 5.60. The molecule has 4 heteroatoms. The van der Waals surface area contributed by atoms with Gasteiger partial charge in [-0.1, -0.05) is 34.4 Å². The number of hydrogen-bond donors (Lipinski definition) is 1. The van der Waals surface area contributed by atoms with Gasteiger partial charge in [0.25, 0.3) is 0 Å². The number of rotatable bonds is 5. The third-order valence-corrected chi connectivity index (χ3v) is 2.42. The van der Waals surface area contributed by atoms with E-state index in [1.165, 1.54) is 6.21 Å². The lowest BCUT2D eigenvalue weighted by Crippen LogP contribution is -1.99. The van der Waals surface area contributed by atoms with Gasteiger partial charge in [0, 0.05) is 10.0 Å². The van der Waals surface area contributed by atoms with Crippen LogP contribution in [0.1, 0.15) is 25.3 Å². The van der Waals surface area contributed by atoms with Gasteiger partial charge < -0.3 is 9.94 Å². The Kier molecular flexibility index (Phi) is 5.18. The molecular formula is C11H14BrNO2. The molecule has 0 saturated heterocycles. The highest BCUT2D eigenvalue weighted by Gasteiger charge is 2.02. The summed E-state index contributed by atoms with van der Waals surface area (Å²) in [6.45, 7) is 2.80. The van der Waals surface area contributed by atoms with Crippen molar-refractivity contribution in [2.75, 3.05) is 6.61 Å². The molecular weight excluding hydrogens is 258 g/mol. The number of unbranched alkanes of at least 4 members (excludes halogenated alkanes) is 1. The van der Waals surface area contributed by atoms with Gasteiger partial charge in [-0.05, 0) is 24.6 Å². The Morgan fingerprint density at radius 3 is 3.00 bits per heavy atom. The molecule has 15 heavy (non-hydrogen) atoms. The molecule has 0 aliphatic rings. The van der Waals surface area contributed by atoms with Crippen LogP contribution in [0.2, 0.25) is 0 Å². The van der Waals surface area contributed by atoms with E-state index in [0.29, 0.717) is 6.61 Å². The van der Waals surface area contributed by atoms with E-state index in [1.807, 2.05) is 18.2 Å². The lowest BCUT2D eigenvalue weighted by atomic mass is 10.2. The van der Waals surface area contributed by atoms with Gasteiger partial charge in [0.1, 0.15) is 5.75 Å². The molecule has 0 bridgehead atoms. The van der Waals surface area contributed by atoms with Crippen LogP contribution in [-0.2, 0) is 0 Å². The van der Waals surface area contributed by atoms with Gasteiger partial charge in [0.15, 0.2) is 0 Å². The smallest absolute Gasteiger partial charge is 0.128 e. The minimum atomic E-state index is 0.685. The van der Waals surface area contributed by atoms with Gasteiger partial charge in [0.2, 0.25) is 0 Å². The summed E-state index contributed by atoms with van der Waals surface area (Å²) in [6.07, 6.45) is 3.48. The van der Waals surface area contributed by atoms with Crippen molar-refractivity contribution >= 4 is 22.1 Å². The molecule has 1 N–H and O–H groups in total. The summed E-state index contributed by atoms with van der Waals surface area (Å²) in [5.74, 6) is 0.740. The summed E-state index contributed by atoms with van der Waals surface area (Å²) in [4.78, 5) is 0. The summed E-state index contributed by atoms with van der Waals surface area (Å²) in [7, 11) is 0. The lowest BCUT2D eigenvalue weighted by Gasteiger charge is -2.08. The molecule has 0 heterocycles. The highest BCUT2D eigenvalue weighted by Crippen LogP contribution is 2.22. The van der Waals surface area contributed by atoms with Crippen molar-refractivity contribution in [3.63, 3.8) is 0 Å². The monoisotopic (exact) mass is 271 g/mol. The average Bonchev–Trinajstić information content (AvgIpc) is 2.22. The molecule has 3 nitrogen and oxygen atoms in total. The molecule has 0 aliphatic heterocycles. The molecule has 0 aromatic heterocycles. The first-order chi connectivity index (χ1) is 7.27. The van der Waals surface area contributed by atoms with E-state index in [1.54, 1.807) is 0 Å². The fraction of sp³-hybridized carbons (Fsp3) is 0.364. The standard InChI is InChI=1S/C11H14BrNO2/c1-2-3-6-15-11-5-4-10(12)7-9(11)8-13-14/h4-5,7-8,14H,2-3,6H2,1H3/b13-8+. The molecule has 0 saturated carbocycles. The summed E-state index contributed by atoms with van der Waals surface area (Å²) < 4.78 is 6.49. The number of halogens is 1. The molecule has 0 unspecified atom stereocenters. The Morgan fingerprint density at radius 1 is 1.53 bits per heavy atom. The molecule has 0 aliphatic carbocycles.